The van der Waals surface area contributed by atoms with Crippen LogP contribution >= 0.6 is 11.3 Å². The lowest BCUT2D eigenvalue weighted by molar-refractivity contribution is 0.568. The van der Waals surface area contributed by atoms with Crippen LogP contribution in [0.4, 0.5) is 10.1 Å². The van der Waals surface area contributed by atoms with Gasteiger partial charge in [-0.1, -0.05) is 11.3 Å². The molecule has 1 aliphatic heterocycles. The molecule has 0 aliphatic carbocycles. The molecule has 120 valence electrons. The van der Waals surface area contributed by atoms with E-state index in [1.54, 1.807) is 29.1 Å². The molecule has 0 spiro atoms. The molecular weight excluding hydrogens is 327 g/mol. The number of nitrogens with zero attached hydrogens (tertiary/aromatic N) is 4. The van der Waals surface area contributed by atoms with Crippen LogP contribution < -0.4 is 19.8 Å². The Hall–Kier alpha value is -2.80. The Morgan fingerprint density at radius 2 is 1.88 bits per heavy atom. The van der Waals surface area contributed by atoms with Gasteiger partial charge in [0.2, 0.25) is 0 Å². The summed E-state index contributed by atoms with van der Waals surface area (Å²) in [5.41, 5.74) is 1.70. The van der Waals surface area contributed by atoms with E-state index in [9.17, 15) is 9.18 Å². The highest BCUT2D eigenvalue weighted by Crippen LogP contribution is 2.16. The van der Waals surface area contributed by atoms with E-state index in [-0.39, 0.29) is 11.4 Å². The number of anilines is 1. The molecule has 0 unspecified atom stereocenters. The molecular formula is C17H13FN4OS. The Bertz CT molecular complexity index is 1040. The van der Waals surface area contributed by atoms with Gasteiger partial charge in [0.15, 0.2) is 4.80 Å². The van der Waals surface area contributed by atoms with Crippen LogP contribution in [0.5, 0.6) is 0 Å². The van der Waals surface area contributed by atoms with Gasteiger partial charge in [-0.3, -0.25) is 14.3 Å². The van der Waals surface area contributed by atoms with Gasteiger partial charge >= 0.3 is 0 Å². The van der Waals surface area contributed by atoms with Crippen LogP contribution in [0.25, 0.3) is 6.08 Å². The van der Waals surface area contributed by atoms with E-state index in [0.717, 1.165) is 11.3 Å². The van der Waals surface area contributed by atoms with E-state index >= 15 is 0 Å². The highest BCUT2D eigenvalue weighted by atomic mass is 32.1. The van der Waals surface area contributed by atoms with E-state index in [2.05, 4.69) is 9.98 Å². The molecule has 5 nitrogen and oxygen atoms in total. The molecule has 0 radical (unpaired) electrons. The van der Waals surface area contributed by atoms with Crippen molar-refractivity contribution in [1.82, 2.24) is 9.55 Å². The van der Waals surface area contributed by atoms with Crippen molar-refractivity contribution in [2.75, 3.05) is 11.6 Å². The number of pyridine rings is 1. The topological polar surface area (TPSA) is 50.5 Å². The molecule has 7 heteroatoms. The zero-order chi connectivity index (χ0) is 16.5. The summed E-state index contributed by atoms with van der Waals surface area (Å²) in [5, 5.41) is 0. The molecule has 0 saturated heterocycles. The molecule has 3 aromatic rings. The lowest BCUT2D eigenvalue weighted by Gasteiger charge is -2.25. The number of aromatic nitrogens is 2. The minimum Gasteiger partial charge on any atom is -0.334 e. The first-order chi connectivity index (χ1) is 11.7. The maximum absolute atomic E-state index is 13.1. The third kappa shape index (κ3) is 2.74. The molecule has 0 saturated carbocycles. The molecule has 2 aromatic heterocycles. The van der Waals surface area contributed by atoms with Crippen molar-refractivity contribution in [3.05, 3.63) is 79.9 Å². The standard InChI is InChI=1S/C17H13FN4OS/c18-13-1-3-14(4-2-13)21-10-20-17-22(11-21)16(23)15(24-17)9-12-5-7-19-8-6-12/h1-9H,10-11H2. The summed E-state index contributed by atoms with van der Waals surface area (Å²) < 4.78 is 15.3. The molecule has 3 heterocycles. The lowest BCUT2D eigenvalue weighted by atomic mass is 10.2. The van der Waals surface area contributed by atoms with Gasteiger partial charge in [0, 0.05) is 18.1 Å². The Balaban J connectivity index is 1.71. The van der Waals surface area contributed by atoms with Crippen molar-refractivity contribution in [2.24, 2.45) is 4.99 Å². The van der Waals surface area contributed by atoms with Crippen molar-refractivity contribution >= 4 is 23.1 Å². The van der Waals surface area contributed by atoms with Gasteiger partial charge in [-0.15, -0.1) is 0 Å². The number of fused-ring (bicyclic) bond motifs is 1. The summed E-state index contributed by atoms with van der Waals surface area (Å²) in [6.07, 6.45) is 5.23. The number of thiazole rings is 1. The molecule has 0 bridgehead atoms. The zero-order valence-electron chi connectivity index (χ0n) is 12.6. The van der Waals surface area contributed by atoms with Crippen LogP contribution in [0.3, 0.4) is 0 Å². The van der Waals surface area contributed by atoms with E-state index in [1.165, 1.54) is 23.5 Å². The number of hydrogen-bond acceptors (Lipinski definition) is 5. The van der Waals surface area contributed by atoms with Crippen LogP contribution in [-0.4, -0.2) is 16.2 Å². The fourth-order valence-electron chi connectivity index (χ4n) is 2.54. The molecule has 1 aliphatic rings. The van der Waals surface area contributed by atoms with Crippen molar-refractivity contribution in [3.63, 3.8) is 0 Å². The maximum atomic E-state index is 13.1. The molecule has 0 N–H and O–H groups in total. The lowest BCUT2D eigenvalue weighted by Crippen LogP contribution is -2.42. The Morgan fingerprint density at radius 3 is 2.62 bits per heavy atom. The summed E-state index contributed by atoms with van der Waals surface area (Å²) in [5.74, 6) is -0.282. The maximum Gasteiger partial charge on any atom is 0.271 e. The van der Waals surface area contributed by atoms with Crippen LogP contribution in [-0.2, 0) is 6.67 Å². The molecule has 0 fully saturated rings. The predicted octanol–water partition coefficient (Wildman–Crippen LogP) is 1.33. The van der Waals surface area contributed by atoms with Crippen molar-refractivity contribution in [1.29, 1.82) is 0 Å². The predicted molar refractivity (Wildman–Crippen MR) is 90.9 cm³/mol. The second-order valence-corrected chi connectivity index (χ2v) is 6.37. The first-order valence-electron chi connectivity index (χ1n) is 7.37. The van der Waals surface area contributed by atoms with Crippen LogP contribution in [0, 0.1) is 5.82 Å². The normalized spacial score (nSPS) is 14.4. The molecule has 0 amide bonds. The first kappa shape index (κ1) is 14.8. The van der Waals surface area contributed by atoms with Crippen LogP contribution in [0.2, 0.25) is 0 Å². The second-order valence-electron chi connectivity index (χ2n) is 5.36. The van der Waals surface area contributed by atoms with Gasteiger partial charge in [-0.25, -0.2) is 9.38 Å². The van der Waals surface area contributed by atoms with E-state index in [4.69, 9.17) is 0 Å². The minimum atomic E-state index is -0.282. The Kier molecular flexibility index (Phi) is 3.70. The quantitative estimate of drug-likeness (QED) is 0.707. The van der Waals surface area contributed by atoms with E-state index < -0.39 is 0 Å². The summed E-state index contributed by atoms with van der Waals surface area (Å²) in [4.78, 5) is 23.7. The smallest absolute Gasteiger partial charge is 0.271 e. The average Bonchev–Trinajstić information content (AvgIpc) is 2.92. The molecule has 1 aromatic carbocycles. The number of rotatable bonds is 2. The van der Waals surface area contributed by atoms with Crippen molar-refractivity contribution in [3.8, 4) is 0 Å². The monoisotopic (exact) mass is 340 g/mol. The van der Waals surface area contributed by atoms with E-state index in [0.29, 0.717) is 22.7 Å². The fourth-order valence-corrected chi connectivity index (χ4v) is 3.50. The highest BCUT2D eigenvalue weighted by Gasteiger charge is 2.15. The van der Waals surface area contributed by atoms with Gasteiger partial charge < -0.3 is 4.90 Å². The largest absolute Gasteiger partial charge is 0.334 e. The van der Waals surface area contributed by atoms with E-state index in [1.807, 2.05) is 23.1 Å². The summed E-state index contributed by atoms with van der Waals surface area (Å²) in [7, 11) is 0. The Morgan fingerprint density at radius 1 is 1.12 bits per heavy atom. The minimum absolute atomic E-state index is 0.0672. The van der Waals surface area contributed by atoms with Crippen LogP contribution in [0.15, 0.2) is 58.6 Å². The third-order valence-electron chi connectivity index (χ3n) is 3.77. The average molecular weight is 340 g/mol. The third-order valence-corrected chi connectivity index (χ3v) is 4.82. The highest BCUT2D eigenvalue weighted by molar-refractivity contribution is 7.07. The Labute approximate surface area is 140 Å². The zero-order valence-corrected chi connectivity index (χ0v) is 13.4. The van der Waals surface area contributed by atoms with Crippen molar-refractivity contribution in [2.45, 2.75) is 6.67 Å². The van der Waals surface area contributed by atoms with Crippen LogP contribution in [0.1, 0.15) is 5.56 Å². The number of hydrogen-bond donors (Lipinski definition) is 0. The van der Waals surface area contributed by atoms with Gasteiger partial charge in [0.05, 0.1) is 4.53 Å². The SMILES string of the molecule is O=c1c(=Cc2ccncc2)sc2n1CN(c1ccc(F)cc1)CN=2. The summed E-state index contributed by atoms with van der Waals surface area (Å²) in [6, 6.07) is 9.90. The molecule has 0 atom stereocenters. The van der Waals surface area contributed by atoms with Gasteiger partial charge in [-0.2, -0.15) is 0 Å². The van der Waals surface area contributed by atoms with Crippen molar-refractivity contribution < 1.29 is 4.39 Å². The molecule has 24 heavy (non-hydrogen) atoms. The first-order valence-corrected chi connectivity index (χ1v) is 8.19. The number of benzene rings is 1. The summed E-state index contributed by atoms with van der Waals surface area (Å²) >= 11 is 1.38. The van der Waals surface area contributed by atoms with Gasteiger partial charge in [-0.05, 0) is 48.0 Å². The van der Waals surface area contributed by atoms with Gasteiger partial charge in [0.1, 0.15) is 19.2 Å². The second kappa shape index (κ2) is 6.01. The summed E-state index contributed by atoms with van der Waals surface area (Å²) in [6.45, 7) is 0.851. The van der Waals surface area contributed by atoms with Gasteiger partial charge in [0.25, 0.3) is 5.56 Å². The fraction of sp³-hybridized carbons (Fsp3) is 0.118. The molecule has 4 rings (SSSR count). The number of halogens is 1.